The Labute approximate surface area is 106 Å². The molecule has 4 heteroatoms. The molecule has 0 amide bonds. The molecule has 0 fully saturated rings. The summed E-state index contributed by atoms with van der Waals surface area (Å²) < 4.78 is 10.5. The number of benzene rings is 1. The fraction of sp³-hybridized carbons (Fsp3) is 0.214. The van der Waals surface area contributed by atoms with Crippen molar-refractivity contribution in [3.8, 4) is 11.5 Å². The molecule has 0 aliphatic heterocycles. The van der Waals surface area contributed by atoms with Gasteiger partial charge in [-0.05, 0) is 29.8 Å². The Hall–Kier alpha value is -2.07. The monoisotopic (exact) mass is 244 g/mol. The van der Waals surface area contributed by atoms with Crippen molar-refractivity contribution in [1.82, 2.24) is 4.98 Å². The van der Waals surface area contributed by atoms with E-state index in [4.69, 9.17) is 15.2 Å². The van der Waals surface area contributed by atoms with Crippen LogP contribution in [0.25, 0.3) is 0 Å². The van der Waals surface area contributed by atoms with E-state index in [9.17, 15) is 0 Å². The molecule has 0 saturated carbocycles. The number of rotatable bonds is 4. The largest absolute Gasteiger partial charge is 0.497 e. The number of hydrogen-bond acceptors (Lipinski definition) is 4. The molecular weight excluding hydrogens is 228 g/mol. The molecule has 1 aromatic heterocycles. The van der Waals surface area contributed by atoms with E-state index in [1.165, 1.54) is 0 Å². The van der Waals surface area contributed by atoms with Gasteiger partial charge in [-0.15, -0.1) is 0 Å². The SMILES string of the molecule is COc1cc(OC)cc(C(N)c2ccccn2)c1. The number of ether oxygens (including phenoxy) is 2. The van der Waals surface area contributed by atoms with E-state index in [2.05, 4.69) is 4.98 Å². The van der Waals surface area contributed by atoms with Crippen LogP contribution < -0.4 is 15.2 Å². The van der Waals surface area contributed by atoms with E-state index in [0.29, 0.717) is 0 Å². The molecular formula is C14H16N2O2. The Morgan fingerprint density at radius 1 is 1.06 bits per heavy atom. The van der Waals surface area contributed by atoms with Crippen molar-refractivity contribution < 1.29 is 9.47 Å². The summed E-state index contributed by atoms with van der Waals surface area (Å²) in [7, 11) is 3.23. The van der Waals surface area contributed by atoms with Gasteiger partial charge in [-0.3, -0.25) is 4.98 Å². The van der Waals surface area contributed by atoms with Gasteiger partial charge in [0, 0.05) is 12.3 Å². The van der Waals surface area contributed by atoms with Gasteiger partial charge in [0.25, 0.3) is 0 Å². The summed E-state index contributed by atoms with van der Waals surface area (Å²) in [5, 5.41) is 0. The first-order valence-electron chi connectivity index (χ1n) is 5.64. The van der Waals surface area contributed by atoms with Crippen LogP contribution in [0.3, 0.4) is 0 Å². The molecule has 1 atom stereocenters. The van der Waals surface area contributed by atoms with Crippen LogP contribution in [0.1, 0.15) is 17.3 Å². The van der Waals surface area contributed by atoms with Crippen LogP contribution in [0.2, 0.25) is 0 Å². The molecule has 2 aromatic rings. The highest BCUT2D eigenvalue weighted by molar-refractivity contribution is 5.41. The van der Waals surface area contributed by atoms with Gasteiger partial charge in [-0.2, -0.15) is 0 Å². The summed E-state index contributed by atoms with van der Waals surface area (Å²) in [6, 6.07) is 11.0. The lowest BCUT2D eigenvalue weighted by Crippen LogP contribution is -2.13. The van der Waals surface area contributed by atoms with Crippen molar-refractivity contribution in [2.24, 2.45) is 5.73 Å². The van der Waals surface area contributed by atoms with Crippen LogP contribution in [-0.2, 0) is 0 Å². The van der Waals surface area contributed by atoms with Crippen molar-refractivity contribution in [2.75, 3.05) is 14.2 Å². The number of hydrogen-bond donors (Lipinski definition) is 1. The maximum absolute atomic E-state index is 6.19. The van der Waals surface area contributed by atoms with Crippen molar-refractivity contribution in [3.05, 3.63) is 53.9 Å². The van der Waals surface area contributed by atoms with Crippen LogP contribution in [0.4, 0.5) is 0 Å². The third-order valence-electron chi connectivity index (χ3n) is 2.74. The number of aromatic nitrogens is 1. The summed E-state index contributed by atoms with van der Waals surface area (Å²) in [4.78, 5) is 4.26. The Bertz CT molecular complexity index is 492. The fourth-order valence-electron chi connectivity index (χ4n) is 1.74. The summed E-state index contributed by atoms with van der Waals surface area (Å²) in [6.07, 6.45) is 1.73. The first-order valence-corrected chi connectivity index (χ1v) is 5.64. The molecule has 0 aliphatic rings. The Balaban J connectivity index is 2.38. The predicted octanol–water partition coefficient (Wildman–Crippen LogP) is 2.15. The molecule has 2 N–H and O–H groups in total. The van der Waals surface area contributed by atoms with Crippen LogP contribution in [0, 0.1) is 0 Å². The van der Waals surface area contributed by atoms with E-state index in [1.54, 1.807) is 20.4 Å². The topological polar surface area (TPSA) is 57.4 Å². The lowest BCUT2D eigenvalue weighted by atomic mass is 10.0. The average molecular weight is 244 g/mol. The average Bonchev–Trinajstić information content (AvgIpc) is 2.46. The molecule has 0 saturated heterocycles. The maximum Gasteiger partial charge on any atom is 0.122 e. The highest BCUT2D eigenvalue weighted by Crippen LogP contribution is 2.27. The minimum absolute atomic E-state index is 0.296. The normalized spacial score (nSPS) is 11.9. The van der Waals surface area contributed by atoms with E-state index >= 15 is 0 Å². The molecule has 0 spiro atoms. The minimum Gasteiger partial charge on any atom is -0.497 e. The summed E-state index contributed by atoms with van der Waals surface area (Å²) in [6.45, 7) is 0. The molecule has 1 heterocycles. The third kappa shape index (κ3) is 2.60. The van der Waals surface area contributed by atoms with Gasteiger partial charge in [0.2, 0.25) is 0 Å². The minimum atomic E-state index is -0.296. The van der Waals surface area contributed by atoms with Crippen LogP contribution >= 0.6 is 0 Å². The van der Waals surface area contributed by atoms with Crippen LogP contribution in [0.15, 0.2) is 42.6 Å². The molecule has 0 bridgehead atoms. The van der Waals surface area contributed by atoms with Crippen LogP contribution in [0.5, 0.6) is 11.5 Å². The van der Waals surface area contributed by atoms with Gasteiger partial charge in [0.05, 0.1) is 26.0 Å². The molecule has 2 rings (SSSR count). The van der Waals surface area contributed by atoms with E-state index in [0.717, 1.165) is 22.8 Å². The highest BCUT2D eigenvalue weighted by Gasteiger charge is 2.12. The number of nitrogens with two attached hydrogens (primary N) is 1. The predicted molar refractivity (Wildman–Crippen MR) is 69.8 cm³/mol. The second kappa shape index (κ2) is 5.51. The molecule has 0 radical (unpaired) electrons. The summed E-state index contributed by atoms with van der Waals surface area (Å²) in [5.74, 6) is 1.44. The second-order valence-electron chi connectivity index (χ2n) is 3.88. The zero-order valence-electron chi connectivity index (χ0n) is 10.5. The van der Waals surface area contributed by atoms with Crippen molar-refractivity contribution in [3.63, 3.8) is 0 Å². The molecule has 0 aliphatic carbocycles. The zero-order chi connectivity index (χ0) is 13.0. The second-order valence-corrected chi connectivity index (χ2v) is 3.88. The van der Waals surface area contributed by atoms with Crippen LogP contribution in [-0.4, -0.2) is 19.2 Å². The smallest absolute Gasteiger partial charge is 0.122 e. The Kier molecular flexibility index (Phi) is 3.79. The van der Waals surface area contributed by atoms with Gasteiger partial charge in [0.15, 0.2) is 0 Å². The van der Waals surface area contributed by atoms with Crippen molar-refractivity contribution >= 4 is 0 Å². The maximum atomic E-state index is 6.19. The Morgan fingerprint density at radius 2 is 1.72 bits per heavy atom. The van der Waals surface area contributed by atoms with Gasteiger partial charge in [0.1, 0.15) is 11.5 Å². The first-order chi connectivity index (χ1) is 8.74. The van der Waals surface area contributed by atoms with Gasteiger partial charge in [-0.25, -0.2) is 0 Å². The quantitative estimate of drug-likeness (QED) is 0.895. The molecule has 1 aromatic carbocycles. The number of pyridine rings is 1. The fourth-order valence-corrected chi connectivity index (χ4v) is 1.74. The van der Waals surface area contributed by atoms with E-state index in [-0.39, 0.29) is 6.04 Å². The summed E-state index contributed by atoms with van der Waals surface area (Å²) in [5.41, 5.74) is 7.91. The summed E-state index contributed by atoms with van der Waals surface area (Å²) >= 11 is 0. The molecule has 18 heavy (non-hydrogen) atoms. The highest BCUT2D eigenvalue weighted by atomic mass is 16.5. The zero-order valence-corrected chi connectivity index (χ0v) is 10.5. The first kappa shape index (κ1) is 12.4. The molecule has 1 unspecified atom stereocenters. The third-order valence-corrected chi connectivity index (χ3v) is 2.74. The van der Waals surface area contributed by atoms with Crippen molar-refractivity contribution in [2.45, 2.75) is 6.04 Å². The lowest BCUT2D eigenvalue weighted by Gasteiger charge is -2.14. The van der Waals surface area contributed by atoms with Crippen molar-refractivity contribution in [1.29, 1.82) is 0 Å². The lowest BCUT2D eigenvalue weighted by molar-refractivity contribution is 0.393. The van der Waals surface area contributed by atoms with Gasteiger partial charge >= 0.3 is 0 Å². The van der Waals surface area contributed by atoms with Gasteiger partial charge in [-0.1, -0.05) is 6.07 Å². The standard InChI is InChI=1S/C14H16N2O2/c1-17-11-7-10(8-12(9-11)18-2)14(15)13-5-3-4-6-16-13/h3-9,14H,15H2,1-2H3. The number of nitrogens with zero attached hydrogens (tertiary/aromatic N) is 1. The molecule has 4 nitrogen and oxygen atoms in total. The Morgan fingerprint density at radius 3 is 2.22 bits per heavy atom. The van der Waals surface area contributed by atoms with E-state index < -0.39 is 0 Å². The molecule has 94 valence electrons. The van der Waals surface area contributed by atoms with E-state index in [1.807, 2.05) is 36.4 Å². The van der Waals surface area contributed by atoms with Gasteiger partial charge < -0.3 is 15.2 Å². The number of methoxy groups -OCH3 is 2.